The molecule has 0 bridgehead atoms. The van der Waals surface area contributed by atoms with Gasteiger partial charge in [-0.1, -0.05) is 13.8 Å². The van der Waals surface area contributed by atoms with Crippen LogP contribution in [-0.2, 0) is 4.74 Å². The van der Waals surface area contributed by atoms with Crippen LogP contribution in [0.3, 0.4) is 0 Å². The van der Waals surface area contributed by atoms with Crippen LogP contribution in [0, 0.1) is 5.41 Å². The summed E-state index contributed by atoms with van der Waals surface area (Å²) >= 11 is 0. The zero-order valence-corrected chi connectivity index (χ0v) is 13.3. The van der Waals surface area contributed by atoms with Crippen LogP contribution in [0.1, 0.15) is 62.7 Å². The number of aliphatic hydroxyl groups excluding tert-OH is 1. The molecule has 4 nitrogen and oxygen atoms in total. The summed E-state index contributed by atoms with van der Waals surface area (Å²) in [4.78, 5) is 4.32. The van der Waals surface area contributed by atoms with E-state index in [2.05, 4.69) is 35.5 Å². The molecule has 0 aromatic carbocycles. The Morgan fingerprint density at radius 2 is 2.14 bits per heavy atom. The van der Waals surface area contributed by atoms with Gasteiger partial charge >= 0.3 is 0 Å². The molecule has 2 fully saturated rings. The Morgan fingerprint density at radius 1 is 1.36 bits per heavy atom. The molecular formula is C18H24N2O2. The Morgan fingerprint density at radius 3 is 2.77 bits per heavy atom. The minimum atomic E-state index is -0.123. The van der Waals surface area contributed by atoms with Gasteiger partial charge in [-0.2, -0.15) is 0 Å². The highest BCUT2D eigenvalue weighted by atomic mass is 16.5. The molecule has 4 rings (SSSR count). The molecule has 1 saturated heterocycles. The lowest BCUT2D eigenvalue weighted by Crippen LogP contribution is -2.49. The highest BCUT2D eigenvalue weighted by molar-refractivity contribution is 5.59. The van der Waals surface area contributed by atoms with Crippen molar-refractivity contribution >= 4 is 5.52 Å². The first kappa shape index (κ1) is 14.2. The topological polar surface area (TPSA) is 46.8 Å². The second-order valence-electron chi connectivity index (χ2n) is 7.31. The monoisotopic (exact) mass is 300 g/mol. The molecule has 1 aliphatic carbocycles. The van der Waals surface area contributed by atoms with Crippen LogP contribution >= 0.6 is 0 Å². The first-order valence-corrected chi connectivity index (χ1v) is 8.35. The maximum atomic E-state index is 9.84. The molecule has 4 heteroatoms. The summed E-state index contributed by atoms with van der Waals surface area (Å²) in [6.45, 7) is 5.31. The molecule has 0 radical (unpaired) electrons. The molecule has 3 heterocycles. The van der Waals surface area contributed by atoms with Crippen LogP contribution < -0.4 is 0 Å². The molecule has 1 N–H and O–H groups in total. The smallest absolute Gasteiger partial charge is 0.0992 e. The van der Waals surface area contributed by atoms with E-state index >= 15 is 0 Å². The van der Waals surface area contributed by atoms with Gasteiger partial charge in [-0.25, -0.2) is 4.98 Å². The van der Waals surface area contributed by atoms with Crippen LogP contribution in [0.2, 0.25) is 0 Å². The third-order valence-corrected chi connectivity index (χ3v) is 5.60. The van der Waals surface area contributed by atoms with E-state index in [4.69, 9.17) is 4.74 Å². The summed E-state index contributed by atoms with van der Waals surface area (Å²) < 4.78 is 8.18. The lowest BCUT2D eigenvalue weighted by atomic mass is 9.64. The van der Waals surface area contributed by atoms with Gasteiger partial charge in [-0.15, -0.1) is 0 Å². The summed E-state index contributed by atoms with van der Waals surface area (Å²) in [5.74, 6) is 0.463. The number of ether oxygens (including phenoxy) is 1. The van der Waals surface area contributed by atoms with Gasteiger partial charge in [-0.05, 0) is 43.2 Å². The summed E-state index contributed by atoms with van der Waals surface area (Å²) in [5.41, 5.74) is 4.07. The first-order valence-electron chi connectivity index (χ1n) is 8.35. The fourth-order valence-corrected chi connectivity index (χ4v) is 4.20. The van der Waals surface area contributed by atoms with E-state index < -0.39 is 0 Å². The maximum Gasteiger partial charge on any atom is 0.0992 e. The molecule has 118 valence electrons. The first-order chi connectivity index (χ1) is 10.6. The lowest BCUT2D eigenvalue weighted by Gasteiger charge is -2.53. The number of hydrogen-bond donors (Lipinski definition) is 1. The minimum absolute atomic E-state index is 0.123. The number of pyridine rings is 1. The molecule has 22 heavy (non-hydrogen) atoms. The molecule has 0 amide bonds. The van der Waals surface area contributed by atoms with Crippen molar-refractivity contribution in [3.63, 3.8) is 0 Å². The molecular weight excluding hydrogens is 276 g/mol. The maximum absolute atomic E-state index is 9.84. The Bertz CT molecular complexity index is 683. The normalized spacial score (nSPS) is 31.8. The van der Waals surface area contributed by atoms with Crippen molar-refractivity contribution in [3.8, 4) is 0 Å². The Kier molecular flexibility index (Phi) is 3.27. The van der Waals surface area contributed by atoms with E-state index in [1.165, 1.54) is 16.6 Å². The van der Waals surface area contributed by atoms with Gasteiger partial charge in [0.05, 0.1) is 36.9 Å². The molecule has 2 aliphatic rings. The zero-order valence-electron chi connectivity index (χ0n) is 13.3. The highest BCUT2D eigenvalue weighted by Gasteiger charge is 2.51. The van der Waals surface area contributed by atoms with Gasteiger partial charge < -0.3 is 14.2 Å². The predicted octanol–water partition coefficient (Wildman–Crippen LogP) is 3.45. The summed E-state index contributed by atoms with van der Waals surface area (Å²) in [6, 6.07) is 2.21. The van der Waals surface area contributed by atoms with Gasteiger partial charge in [-0.3, -0.25) is 0 Å². The van der Waals surface area contributed by atoms with E-state index in [-0.39, 0.29) is 17.6 Å². The summed E-state index contributed by atoms with van der Waals surface area (Å²) in [6.07, 6.45) is 9.86. The second kappa shape index (κ2) is 5.07. The van der Waals surface area contributed by atoms with Crippen LogP contribution in [-0.4, -0.2) is 27.2 Å². The van der Waals surface area contributed by atoms with Crippen LogP contribution in [0.4, 0.5) is 0 Å². The zero-order chi connectivity index (χ0) is 15.3. The molecule has 1 saturated carbocycles. The predicted molar refractivity (Wildman–Crippen MR) is 84.9 cm³/mol. The van der Waals surface area contributed by atoms with Crippen molar-refractivity contribution in [1.82, 2.24) is 9.38 Å². The largest absolute Gasteiger partial charge is 0.393 e. The highest BCUT2D eigenvalue weighted by Crippen LogP contribution is 2.56. The van der Waals surface area contributed by atoms with Crippen molar-refractivity contribution in [3.05, 3.63) is 35.9 Å². The average molecular weight is 300 g/mol. The molecule has 1 atom stereocenters. The number of imidazole rings is 1. The Labute approximate surface area is 131 Å². The van der Waals surface area contributed by atoms with Gasteiger partial charge in [0.15, 0.2) is 0 Å². The molecule has 0 unspecified atom stereocenters. The fraction of sp³-hybridized carbons (Fsp3) is 0.611. The minimum Gasteiger partial charge on any atom is -0.393 e. The number of aliphatic hydroxyl groups is 1. The van der Waals surface area contributed by atoms with E-state index in [1.54, 1.807) is 0 Å². The molecule has 2 aromatic rings. The third kappa shape index (κ3) is 2.01. The number of nitrogens with zero attached hydrogens (tertiary/aromatic N) is 2. The summed E-state index contributed by atoms with van der Waals surface area (Å²) in [5, 5.41) is 9.84. The number of rotatable bonds is 2. The van der Waals surface area contributed by atoms with E-state index in [0.717, 1.165) is 32.3 Å². The van der Waals surface area contributed by atoms with E-state index in [1.807, 2.05) is 12.5 Å². The van der Waals surface area contributed by atoms with E-state index in [9.17, 15) is 5.11 Å². The fourth-order valence-electron chi connectivity index (χ4n) is 4.20. The second-order valence-corrected chi connectivity index (χ2v) is 7.31. The molecule has 1 spiro atoms. The van der Waals surface area contributed by atoms with Gasteiger partial charge in [0, 0.05) is 17.2 Å². The van der Waals surface area contributed by atoms with Crippen molar-refractivity contribution in [1.29, 1.82) is 0 Å². The SMILES string of the molecule is CC(C)c1ccn2cncc2c1[C@H]1OCC12CCC(O)CC2. The van der Waals surface area contributed by atoms with Crippen LogP contribution in [0.25, 0.3) is 5.52 Å². The molecule has 1 aliphatic heterocycles. The Hall–Kier alpha value is -1.39. The van der Waals surface area contributed by atoms with Crippen molar-refractivity contribution < 1.29 is 9.84 Å². The van der Waals surface area contributed by atoms with Gasteiger partial charge in [0.1, 0.15) is 0 Å². The Balaban J connectivity index is 1.80. The van der Waals surface area contributed by atoms with Gasteiger partial charge in [0.25, 0.3) is 0 Å². The third-order valence-electron chi connectivity index (χ3n) is 5.60. The molecule has 2 aromatic heterocycles. The lowest BCUT2D eigenvalue weighted by molar-refractivity contribution is -0.212. The number of hydrogen-bond acceptors (Lipinski definition) is 3. The van der Waals surface area contributed by atoms with Crippen molar-refractivity contribution in [2.24, 2.45) is 5.41 Å². The van der Waals surface area contributed by atoms with Crippen molar-refractivity contribution in [2.45, 2.75) is 57.7 Å². The summed E-state index contributed by atoms with van der Waals surface area (Å²) in [7, 11) is 0. The number of fused-ring (bicyclic) bond motifs is 1. The van der Waals surface area contributed by atoms with Crippen molar-refractivity contribution in [2.75, 3.05) is 6.61 Å². The quantitative estimate of drug-likeness (QED) is 0.924. The van der Waals surface area contributed by atoms with Crippen LogP contribution in [0.15, 0.2) is 24.8 Å². The van der Waals surface area contributed by atoms with E-state index in [0.29, 0.717) is 5.92 Å². The average Bonchev–Trinajstić information content (AvgIpc) is 2.96. The number of aromatic nitrogens is 2. The standard InChI is InChI=1S/C18H24N2O2/c1-12(2)14-5-8-20-11-19-9-15(20)16(14)17-18(10-22-17)6-3-13(21)4-7-18/h5,8-9,11-13,17,21H,3-4,6-7,10H2,1-2H3/t13?,17-,18?/m1/s1. The van der Waals surface area contributed by atoms with Crippen LogP contribution in [0.5, 0.6) is 0 Å². The van der Waals surface area contributed by atoms with Gasteiger partial charge in [0.2, 0.25) is 0 Å².